The highest BCUT2D eigenvalue weighted by Gasteiger charge is 2.10. The summed E-state index contributed by atoms with van der Waals surface area (Å²) in [5.41, 5.74) is 1.37. The lowest BCUT2D eigenvalue weighted by Gasteiger charge is -2.13. The van der Waals surface area contributed by atoms with Crippen LogP contribution in [0, 0.1) is 0 Å². The number of ether oxygens (including phenoxy) is 1. The van der Waals surface area contributed by atoms with Crippen LogP contribution in [0.4, 0.5) is 5.69 Å². The minimum absolute atomic E-state index is 0.169. The maximum Gasteiger partial charge on any atom is 0.228 e. The van der Waals surface area contributed by atoms with Gasteiger partial charge in [0.25, 0.3) is 0 Å². The third kappa shape index (κ3) is 4.52. The van der Waals surface area contributed by atoms with Crippen molar-refractivity contribution in [1.82, 2.24) is 0 Å². The highest BCUT2D eigenvalue weighted by Crippen LogP contribution is 2.33. The summed E-state index contributed by atoms with van der Waals surface area (Å²) in [7, 11) is 0. The van der Waals surface area contributed by atoms with E-state index in [-0.39, 0.29) is 18.1 Å². The average molecular weight is 354 g/mol. The molecule has 0 unspecified atom stereocenters. The number of halogens is 1. The Bertz CT molecular complexity index is 878. The molecule has 0 aromatic heterocycles. The lowest BCUT2D eigenvalue weighted by atomic mass is 10.1. The van der Waals surface area contributed by atoms with Crippen LogP contribution in [0.15, 0.2) is 72.8 Å². The normalized spacial score (nSPS) is 10.3. The van der Waals surface area contributed by atoms with Crippen LogP contribution in [0.5, 0.6) is 17.2 Å². The first-order valence-corrected chi connectivity index (χ1v) is 8.09. The molecule has 0 aliphatic carbocycles. The lowest BCUT2D eigenvalue weighted by Crippen LogP contribution is -2.14. The second-order valence-corrected chi connectivity index (χ2v) is 5.83. The molecule has 3 aromatic rings. The molecular formula is C20H16ClNO3. The highest BCUT2D eigenvalue weighted by atomic mass is 35.5. The van der Waals surface area contributed by atoms with Crippen molar-refractivity contribution in [3.63, 3.8) is 0 Å². The summed E-state index contributed by atoms with van der Waals surface area (Å²) >= 11 is 6.12. The molecule has 0 heterocycles. The number of para-hydroxylation sites is 3. The van der Waals surface area contributed by atoms with Gasteiger partial charge in [0.1, 0.15) is 11.5 Å². The average Bonchev–Trinajstić information content (AvgIpc) is 2.60. The molecule has 0 saturated carbocycles. The Morgan fingerprint density at radius 1 is 0.920 bits per heavy atom. The molecule has 1 amide bonds. The van der Waals surface area contributed by atoms with E-state index >= 15 is 0 Å². The molecule has 0 saturated heterocycles. The second-order valence-electron chi connectivity index (χ2n) is 5.42. The van der Waals surface area contributed by atoms with E-state index in [1.807, 2.05) is 24.3 Å². The van der Waals surface area contributed by atoms with Gasteiger partial charge in [-0.15, -0.1) is 0 Å². The molecule has 0 fully saturated rings. The van der Waals surface area contributed by atoms with Gasteiger partial charge in [-0.3, -0.25) is 4.79 Å². The van der Waals surface area contributed by atoms with Crippen LogP contribution in [0.25, 0.3) is 0 Å². The van der Waals surface area contributed by atoms with Gasteiger partial charge in [-0.2, -0.15) is 0 Å². The zero-order valence-corrected chi connectivity index (χ0v) is 14.0. The van der Waals surface area contributed by atoms with Crippen LogP contribution in [0.1, 0.15) is 5.56 Å². The van der Waals surface area contributed by atoms with Gasteiger partial charge < -0.3 is 15.2 Å². The molecule has 0 aliphatic heterocycles. The molecule has 0 atom stereocenters. The number of phenols is 1. The molecule has 3 aromatic carbocycles. The SMILES string of the molecule is O=C(Cc1ccc(O)cc1)Nc1ccccc1Oc1ccccc1Cl. The molecule has 0 radical (unpaired) electrons. The number of anilines is 1. The standard InChI is InChI=1S/C20H16ClNO3/c21-16-5-1-3-7-18(16)25-19-8-4-2-6-17(19)22-20(24)13-14-9-11-15(23)12-10-14/h1-12,23H,13H2,(H,22,24). The van der Waals surface area contributed by atoms with E-state index in [2.05, 4.69) is 5.32 Å². The van der Waals surface area contributed by atoms with Crippen molar-refractivity contribution in [2.24, 2.45) is 0 Å². The van der Waals surface area contributed by atoms with Crippen LogP contribution < -0.4 is 10.1 Å². The quantitative estimate of drug-likeness (QED) is 0.677. The van der Waals surface area contributed by atoms with Crippen molar-refractivity contribution in [2.75, 3.05) is 5.32 Å². The second kappa shape index (κ2) is 7.73. The highest BCUT2D eigenvalue weighted by molar-refractivity contribution is 6.32. The first-order chi connectivity index (χ1) is 12.1. The van der Waals surface area contributed by atoms with Gasteiger partial charge in [-0.1, -0.05) is 48.0 Å². The van der Waals surface area contributed by atoms with E-state index in [1.165, 1.54) is 0 Å². The number of hydrogen-bond acceptors (Lipinski definition) is 3. The number of aromatic hydroxyl groups is 1. The predicted molar refractivity (Wildman–Crippen MR) is 98.4 cm³/mol. The summed E-state index contributed by atoms with van der Waals surface area (Å²) < 4.78 is 5.83. The first-order valence-electron chi connectivity index (χ1n) is 7.71. The minimum Gasteiger partial charge on any atom is -0.508 e. The molecule has 2 N–H and O–H groups in total. The Morgan fingerprint density at radius 3 is 2.28 bits per heavy atom. The van der Waals surface area contributed by atoms with Gasteiger partial charge in [0.05, 0.1) is 17.1 Å². The van der Waals surface area contributed by atoms with Crippen LogP contribution in [-0.4, -0.2) is 11.0 Å². The van der Waals surface area contributed by atoms with Crippen molar-refractivity contribution in [1.29, 1.82) is 0 Å². The van der Waals surface area contributed by atoms with E-state index in [4.69, 9.17) is 16.3 Å². The first kappa shape index (κ1) is 16.9. The van der Waals surface area contributed by atoms with Gasteiger partial charge in [0.15, 0.2) is 5.75 Å². The smallest absolute Gasteiger partial charge is 0.228 e. The molecule has 25 heavy (non-hydrogen) atoms. The monoisotopic (exact) mass is 353 g/mol. The zero-order chi connectivity index (χ0) is 17.6. The van der Waals surface area contributed by atoms with E-state index in [0.29, 0.717) is 22.2 Å². The zero-order valence-electron chi connectivity index (χ0n) is 13.3. The number of nitrogens with one attached hydrogen (secondary N) is 1. The van der Waals surface area contributed by atoms with Gasteiger partial charge in [-0.25, -0.2) is 0 Å². The van der Waals surface area contributed by atoms with Crippen molar-refractivity contribution >= 4 is 23.2 Å². The summed E-state index contributed by atoms with van der Waals surface area (Å²) in [4.78, 5) is 12.3. The third-order valence-corrected chi connectivity index (χ3v) is 3.83. The topological polar surface area (TPSA) is 58.6 Å². The summed E-state index contributed by atoms with van der Waals surface area (Å²) in [6.07, 6.45) is 0.195. The van der Waals surface area contributed by atoms with Crippen molar-refractivity contribution in [3.05, 3.63) is 83.4 Å². The number of amides is 1. The molecule has 3 rings (SSSR count). The van der Waals surface area contributed by atoms with E-state index < -0.39 is 0 Å². The summed E-state index contributed by atoms with van der Waals surface area (Å²) in [6.45, 7) is 0. The van der Waals surface area contributed by atoms with Crippen LogP contribution in [-0.2, 0) is 11.2 Å². The number of hydrogen-bond donors (Lipinski definition) is 2. The van der Waals surface area contributed by atoms with Crippen LogP contribution in [0.2, 0.25) is 5.02 Å². The number of benzene rings is 3. The number of phenolic OH excluding ortho intramolecular Hbond substituents is 1. The summed E-state index contributed by atoms with van der Waals surface area (Å²) in [6, 6.07) is 20.8. The van der Waals surface area contributed by atoms with Gasteiger partial charge in [0, 0.05) is 0 Å². The summed E-state index contributed by atoms with van der Waals surface area (Å²) in [5, 5.41) is 12.6. The summed E-state index contributed by atoms with van der Waals surface area (Å²) in [5.74, 6) is 1.02. The molecular weight excluding hydrogens is 338 g/mol. The Kier molecular flexibility index (Phi) is 5.21. The van der Waals surface area contributed by atoms with E-state index in [0.717, 1.165) is 5.56 Å². The van der Waals surface area contributed by atoms with Crippen molar-refractivity contribution in [3.8, 4) is 17.2 Å². The predicted octanol–water partition coefficient (Wildman–Crippen LogP) is 5.02. The Labute approximate surface area is 150 Å². The van der Waals surface area contributed by atoms with E-state index in [9.17, 15) is 9.90 Å². The van der Waals surface area contributed by atoms with Crippen LogP contribution >= 0.6 is 11.6 Å². The molecule has 0 bridgehead atoms. The Morgan fingerprint density at radius 2 is 1.56 bits per heavy atom. The largest absolute Gasteiger partial charge is 0.508 e. The molecule has 126 valence electrons. The molecule has 0 spiro atoms. The van der Waals surface area contributed by atoms with Crippen LogP contribution in [0.3, 0.4) is 0 Å². The third-order valence-electron chi connectivity index (χ3n) is 3.52. The maximum absolute atomic E-state index is 12.3. The van der Waals surface area contributed by atoms with Crippen molar-refractivity contribution in [2.45, 2.75) is 6.42 Å². The van der Waals surface area contributed by atoms with Crippen molar-refractivity contribution < 1.29 is 14.6 Å². The minimum atomic E-state index is -0.180. The molecule has 0 aliphatic rings. The maximum atomic E-state index is 12.3. The van der Waals surface area contributed by atoms with Gasteiger partial charge in [0.2, 0.25) is 5.91 Å². The lowest BCUT2D eigenvalue weighted by molar-refractivity contribution is -0.115. The Balaban J connectivity index is 1.73. The number of carbonyl (C=O) groups excluding carboxylic acids is 1. The number of carbonyl (C=O) groups is 1. The van der Waals surface area contributed by atoms with E-state index in [1.54, 1.807) is 48.5 Å². The fourth-order valence-electron chi connectivity index (χ4n) is 2.30. The number of rotatable bonds is 5. The molecule has 5 heteroatoms. The Hall–Kier alpha value is -2.98. The fourth-order valence-corrected chi connectivity index (χ4v) is 2.47. The van der Waals surface area contributed by atoms with Gasteiger partial charge >= 0.3 is 0 Å². The molecule has 4 nitrogen and oxygen atoms in total. The fraction of sp³-hybridized carbons (Fsp3) is 0.0500. The van der Waals surface area contributed by atoms with Gasteiger partial charge in [-0.05, 0) is 42.0 Å².